The molecule has 0 bridgehead atoms. The van der Waals surface area contributed by atoms with E-state index in [1.807, 2.05) is 36.4 Å². The van der Waals surface area contributed by atoms with E-state index in [2.05, 4.69) is 9.97 Å². The summed E-state index contributed by atoms with van der Waals surface area (Å²) in [6.45, 7) is 0. The summed E-state index contributed by atoms with van der Waals surface area (Å²) in [4.78, 5) is 19.3. The van der Waals surface area contributed by atoms with Crippen LogP contribution in [0, 0.1) is 0 Å². The highest BCUT2D eigenvalue weighted by Gasteiger charge is 2.30. The van der Waals surface area contributed by atoms with Gasteiger partial charge >= 0.3 is 11.4 Å². The lowest BCUT2D eigenvalue weighted by molar-refractivity contribution is 0.0762. The lowest BCUT2D eigenvalue weighted by Gasteiger charge is -2.19. The number of ether oxygens (including phenoxy) is 2. The summed E-state index contributed by atoms with van der Waals surface area (Å²) in [5.41, 5.74) is 0. The Kier molecular flexibility index (Phi) is 2.77. The van der Waals surface area contributed by atoms with Crippen molar-refractivity contribution < 1.29 is 14.3 Å². The second kappa shape index (κ2) is 4.58. The van der Waals surface area contributed by atoms with Gasteiger partial charge in [-0.05, 0) is 34.7 Å². The number of rotatable bonds is 2. The monoisotopic (exact) mass is 260 g/mol. The largest absolute Gasteiger partial charge is 0.525 e. The molecule has 0 spiro atoms. The maximum Gasteiger partial charge on any atom is 0.525 e. The minimum Gasteiger partial charge on any atom is -0.354 e. The molecule has 3 rings (SSSR count). The van der Waals surface area contributed by atoms with Gasteiger partial charge in [0, 0.05) is 12.4 Å². The highest BCUT2D eigenvalue weighted by molar-refractivity contribution is 8.15. The van der Waals surface area contributed by atoms with Crippen LogP contribution in [-0.2, 0) is 9.47 Å². The molecule has 90 valence electrons. The molecule has 0 atom stereocenters. The molecule has 6 heteroatoms. The van der Waals surface area contributed by atoms with Gasteiger partial charge in [0.25, 0.3) is 0 Å². The van der Waals surface area contributed by atoms with Crippen molar-refractivity contribution in [3.8, 4) is 0 Å². The van der Waals surface area contributed by atoms with E-state index < -0.39 is 16.6 Å². The van der Waals surface area contributed by atoms with Crippen molar-refractivity contribution in [3.63, 3.8) is 0 Å². The van der Waals surface area contributed by atoms with Gasteiger partial charge in [-0.1, -0.05) is 12.1 Å². The molecular weight excluding hydrogens is 252 g/mol. The molecule has 0 N–H and O–H groups in total. The molecule has 1 saturated heterocycles. The molecule has 3 heterocycles. The predicted molar refractivity (Wildman–Crippen MR) is 65.2 cm³/mol. The number of carbonyl (C=O) groups excluding carboxylic acids is 1. The Balaban J connectivity index is 2.12. The molecule has 18 heavy (non-hydrogen) atoms. The Bertz CT molecular complexity index is 562. The molecule has 0 unspecified atom stereocenters. The van der Waals surface area contributed by atoms with Gasteiger partial charge in [-0.15, -0.1) is 0 Å². The fraction of sp³-hybridized carbons (Fsp3) is 0. The molecule has 0 saturated carbocycles. The fourth-order valence-electron chi connectivity index (χ4n) is 1.44. The first-order valence-electron chi connectivity index (χ1n) is 5.17. The summed E-state index contributed by atoms with van der Waals surface area (Å²) in [5, 5.41) is 1.75. The zero-order chi connectivity index (χ0) is 12.4. The second-order valence-corrected chi connectivity index (χ2v) is 5.13. The highest BCUT2D eigenvalue weighted by Crippen LogP contribution is 2.36. The summed E-state index contributed by atoms with van der Waals surface area (Å²) in [6.07, 6.45) is 2.67. The van der Waals surface area contributed by atoms with Crippen LogP contribution in [0.25, 0.3) is 0 Å². The van der Waals surface area contributed by atoms with Crippen molar-refractivity contribution in [2.24, 2.45) is 0 Å². The van der Waals surface area contributed by atoms with Gasteiger partial charge in [0.1, 0.15) is 10.1 Å². The summed E-state index contributed by atoms with van der Waals surface area (Å²) in [5.74, 6) is 0. The first-order valence-corrected chi connectivity index (χ1v) is 6.40. The molecule has 1 aliphatic heterocycles. The fourth-order valence-corrected chi connectivity index (χ4v) is 3.06. The third kappa shape index (κ3) is 1.98. The Hall–Kier alpha value is -2.21. The van der Waals surface area contributed by atoms with Gasteiger partial charge in [-0.2, -0.15) is 0 Å². The van der Waals surface area contributed by atoms with E-state index in [-0.39, 0.29) is 5.24 Å². The van der Waals surface area contributed by atoms with Crippen molar-refractivity contribution in [1.29, 1.82) is 0 Å². The summed E-state index contributed by atoms with van der Waals surface area (Å²) in [7, 11) is -0.701. The van der Waals surface area contributed by atoms with Crippen molar-refractivity contribution in [1.82, 2.24) is 9.97 Å². The second-order valence-electron chi connectivity index (χ2n) is 3.35. The number of carbonyl (C=O) groups is 1. The maximum absolute atomic E-state index is 10.8. The summed E-state index contributed by atoms with van der Waals surface area (Å²) < 4.78 is 9.80. The van der Waals surface area contributed by atoms with E-state index in [9.17, 15) is 4.79 Å². The van der Waals surface area contributed by atoms with Gasteiger partial charge in [0.15, 0.2) is 0 Å². The van der Waals surface area contributed by atoms with Gasteiger partial charge in [-0.3, -0.25) is 0 Å². The molecular formula is C12H8N2O3S. The number of nitrogens with zero attached hydrogens (tertiary/aromatic N) is 2. The van der Waals surface area contributed by atoms with E-state index in [4.69, 9.17) is 9.47 Å². The van der Waals surface area contributed by atoms with E-state index in [0.29, 0.717) is 0 Å². The smallest absolute Gasteiger partial charge is 0.354 e. The van der Waals surface area contributed by atoms with Crippen LogP contribution >= 0.6 is 10.5 Å². The Morgan fingerprint density at radius 2 is 1.44 bits per heavy atom. The Morgan fingerprint density at radius 1 is 0.889 bits per heavy atom. The third-order valence-corrected chi connectivity index (χ3v) is 4.01. The molecule has 2 aromatic rings. The summed E-state index contributed by atoms with van der Waals surface area (Å²) in [6, 6.07) is 11.1. The van der Waals surface area contributed by atoms with Crippen LogP contribution in [0.15, 0.2) is 58.8 Å². The van der Waals surface area contributed by atoms with Crippen LogP contribution in [0.3, 0.4) is 0 Å². The third-order valence-electron chi connectivity index (χ3n) is 2.19. The van der Waals surface area contributed by atoms with E-state index in [0.717, 1.165) is 10.1 Å². The molecule has 0 amide bonds. The zero-order valence-electron chi connectivity index (χ0n) is 9.15. The standard InChI is InChI=1S/C12H8N2O3S/c15-11-16-12(17-11)18(9-5-1-3-7-13-9)10-6-2-4-8-14-10/h1-8H. The van der Waals surface area contributed by atoms with Gasteiger partial charge in [-0.25, -0.2) is 14.8 Å². The van der Waals surface area contributed by atoms with Crippen LogP contribution in [-0.4, -0.2) is 21.4 Å². The SMILES string of the molecule is O=C1OC(=S(c2ccccn2)c2ccccn2)O1. The average molecular weight is 260 g/mol. The van der Waals surface area contributed by atoms with Gasteiger partial charge in [0.05, 0.1) is 0 Å². The Morgan fingerprint density at radius 3 is 1.83 bits per heavy atom. The number of pyridine rings is 2. The van der Waals surface area contributed by atoms with Gasteiger partial charge < -0.3 is 9.47 Å². The van der Waals surface area contributed by atoms with Crippen molar-refractivity contribution in [2.45, 2.75) is 10.1 Å². The lowest BCUT2D eigenvalue weighted by Crippen LogP contribution is -2.30. The normalized spacial score (nSPS) is 13.8. The van der Waals surface area contributed by atoms with Crippen molar-refractivity contribution in [2.75, 3.05) is 0 Å². The molecule has 0 radical (unpaired) electrons. The zero-order valence-corrected chi connectivity index (χ0v) is 9.96. The van der Waals surface area contributed by atoms with Crippen LogP contribution in [0.4, 0.5) is 4.79 Å². The van der Waals surface area contributed by atoms with E-state index in [1.54, 1.807) is 12.4 Å². The molecule has 1 aliphatic rings. The summed E-state index contributed by atoms with van der Waals surface area (Å²) >= 11 is 0. The quantitative estimate of drug-likeness (QED) is 0.613. The highest BCUT2D eigenvalue weighted by atomic mass is 32.2. The maximum atomic E-state index is 10.8. The topological polar surface area (TPSA) is 61.3 Å². The molecule has 2 aromatic heterocycles. The number of hydrogen-bond acceptors (Lipinski definition) is 5. The van der Waals surface area contributed by atoms with E-state index in [1.165, 1.54) is 0 Å². The van der Waals surface area contributed by atoms with E-state index >= 15 is 0 Å². The number of aromatic nitrogens is 2. The predicted octanol–water partition coefficient (Wildman–Crippen LogP) is 2.42. The number of hydrogen-bond donors (Lipinski definition) is 0. The van der Waals surface area contributed by atoms with Crippen LogP contribution in [0.5, 0.6) is 0 Å². The van der Waals surface area contributed by atoms with Crippen molar-refractivity contribution in [3.05, 3.63) is 48.8 Å². The Labute approximate surface area is 105 Å². The first-order chi connectivity index (χ1) is 8.84. The molecule has 5 nitrogen and oxygen atoms in total. The number of cyclic esters (lactones) is 2. The molecule has 0 aromatic carbocycles. The molecule has 1 fully saturated rings. The van der Waals surface area contributed by atoms with Crippen LogP contribution < -0.4 is 0 Å². The minimum atomic E-state index is -0.701. The average Bonchev–Trinajstić information content (AvgIpc) is 2.40. The lowest BCUT2D eigenvalue weighted by atomic mass is 10.5. The van der Waals surface area contributed by atoms with Gasteiger partial charge in [0.2, 0.25) is 0 Å². The van der Waals surface area contributed by atoms with Crippen LogP contribution in [0.2, 0.25) is 0 Å². The van der Waals surface area contributed by atoms with Crippen LogP contribution in [0.1, 0.15) is 0 Å². The first kappa shape index (κ1) is 10.9. The van der Waals surface area contributed by atoms with Crippen molar-refractivity contribution >= 4 is 21.9 Å². The minimum absolute atomic E-state index is 0.248. The molecule has 0 aliphatic carbocycles.